The summed E-state index contributed by atoms with van der Waals surface area (Å²) in [6.45, 7) is 4.54. The fourth-order valence-corrected chi connectivity index (χ4v) is 5.38. The van der Waals surface area contributed by atoms with Crippen LogP contribution in [0.1, 0.15) is 42.6 Å². The molecule has 3 aromatic carbocycles. The van der Waals surface area contributed by atoms with Gasteiger partial charge in [-0.3, -0.25) is 14.7 Å². The van der Waals surface area contributed by atoms with Gasteiger partial charge in [0, 0.05) is 29.2 Å². The molecule has 2 aliphatic heterocycles. The number of nitrogens with zero attached hydrogens (tertiary/aromatic N) is 3. The van der Waals surface area contributed by atoms with Crippen LogP contribution in [0.2, 0.25) is 10.0 Å². The van der Waals surface area contributed by atoms with E-state index >= 15 is 0 Å². The van der Waals surface area contributed by atoms with Crippen LogP contribution in [0.25, 0.3) is 0 Å². The topological polar surface area (TPSA) is 83.5 Å². The molecule has 0 saturated carbocycles. The van der Waals surface area contributed by atoms with E-state index in [0.717, 1.165) is 11.1 Å². The van der Waals surface area contributed by atoms with Gasteiger partial charge in [0.15, 0.2) is 0 Å². The van der Waals surface area contributed by atoms with Crippen molar-refractivity contribution in [2.24, 2.45) is 4.99 Å². The number of rotatable bonds is 6. The molecule has 8 nitrogen and oxygen atoms in total. The van der Waals surface area contributed by atoms with Crippen molar-refractivity contribution in [3.8, 4) is 11.5 Å². The van der Waals surface area contributed by atoms with Crippen LogP contribution in [0.15, 0.2) is 71.7 Å². The highest BCUT2D eigenvalue weighted by molar-refractivity contribution is 6.31. The van der Waals surface area contributed by atoms with Crippen LogP contribution in [0.5, 0.6) is 11.5 Å². The number of methoxy groups -OCH3 is 1. The highest BCUT2D eigenvalue weighted by Gasteiger charge is 2.45. The molecule has 10 heteroatoms. The van der Waals surface area contributed by atoms with Crippen molar-refractivity contribution in [2.45, 2.75) is 32.0 Å². The second-order valence-corrected chi connectivity index (χ2v) is 10.7. The summed E-state index contributed by atoms with van der Waals surface area (Å²) in [6, 6.07) is 18.8. The molecule has 40 heavy (non-hydrogen) atoms. The lowest BCUT2D eigenvalue weighted by Crippen LogP contribution is -2.55. The lowest BCUT2D eigenvalue weighted by atomic mass is 9.93. The normalized spacial score (nSPS) is 18.9. The third kappa shape index (κ3) is 5.60. The van der Waals surface area contributed by atoms with Gasteiger partial charge in [0.1, 0.15) is 29.9 Å². The van der Waals surface area contributed by atoms with Gasteiger partial charge in [0.25, 0.3) is 0 Å². The molecular weight excluding hydrogens is 551 g/mol. The summed E-state index contributed by atoms with van der Waals surface area (Å²) < 4.78 is 11.7. The minimum Gasteiger partial charge on any atom is -0.497 e. The smallest absolute Gasteiger partial charge is 0.326 e. The molecule has 3 aromatic rings. The third-order valence-electron chi connectivity index (χ3n) is 6.81. The van der Waals surface area contributed by atoms with Crippen LogP contribution in [-0.4, -0.2) is 60.4 Å². The summed E-state index contributed by atoms with van der Waals surface area (Å²) in [5.74, 6) is 1.34. The quantitative estimate of drug-likeness (QED) is 0.394. The largest absolute Gasteiger partial charge is 0.497 e. The molecule has 0 radical (unpaired) electrons. The summed E-state index contributed by atoms with van der Waals surface area (Å²) >= 11 is 13.0. The Morgan fingerprint density at radius 2 is 1.82 bits per heavy atom. The second kappa shape index (κ2) is 11.8. The van der Waals surface area contributed by atoms with E-state index in [-0.39, 0.29) is 24.6 Å². The maximum atomic E-state index is 14.4. The monoisotopic (exact) mass is 580 g/mol. The highest BCUT2D eigenvalue weighted by Crippen LogP contribution is 2.47. The van der Waals surface area contributed by atoms with Crippen molar-refractivity contribution in [2.75, 3.05) is 26.7 Å². The number of urea groups is 1. The zero-order valence-corrected chi connectivity index (χ0v) is 23.9. The Bertz CT molecular complexity index is 1440. The Morgan fingerprint density at radius 1 is 1.07 bits per heavy atom. The number of hydrogen-bond acceptors (Lipinski definition) is 5. The van der Waals surface area contributed by atoms with Gasteiger partial charge in [-0.05, 0) is 55.3 Å². The Morgan fingerprint density at radius 3 is 2.50 bits per heavy atom. The number of aliphatic imine (C=N–C) groups is 1. The van der Waals surface area contributed by atoms with E-state index in [1.54, 1.807) is 36.3 Å². The van der Waals surface area contributed by atoms with Crippen molar-refractivity contribution in [1.82, 2.24) is 15.1 Å². The molecule has 0 bridgehead atoms. The average Bonchev–Trinajstić information content (AvgIpc) is 3.33. The Hall–Kier alpha value is -3.75. The Labute approximate surface area is 243 Å². The fraction of sp³-hybridized carbons (Fsp3) is 0.300. The number of carbonyl (C=O) groups is 2. The van der Waals surface area contributed by atoms with Gasteiger partial charge in [0.05, 0.1) is 24.8 Å². The number of amides is 3. The Kier molecular flexibility index (Phi) is 8.19. The zero-order chi connectivity index (χ0) is 28.4. The molecular formula is C30H30Cl2N4O4. The lowest BCUT2D eigenvalue weighted by Gasteiger charge is -2.36. The maximum Gasteiger partial charge on any atom is 0.326 e. The molecule has 3 amide bonds. The Balaban J connectivity index is 1.72. The number of hydrogen-bond donors (Lipinski definition) is 1. The summed E-state index contributed by atoms with van der Waals surface area (Å²) in [6.07, 6.45) is -0.144. The zero-order valence-electron chi connectivity index (χ0n) is 22.4. The van der Waals surface area contributed by atoms with E-state index in [4.69, 9.17) is 37.7 Å². The molecule has 2 heterocycles. The van der Waals surface area contributed by atoms with Crippen molar-refractivity contribution in [1.29, 1.82) is 0 Å². The predicted molar refractivity (Wildman–Crippen MR) is 155 cm³/mol. The van der Waals surface area contributed by atoms with Crippen LogP contribution < -0.4 is 14.8 Å². The van der Waals surface area contributed by atoms with E-state index in [1.165, 1.54) is 4.90 Å². The van der Waals surface area contributed by atoms with E-state index < -0.39 is 12.1 Å². The van der Waals surface area contributed by atoms with Gasteiger partial charge in [-0.15, -0.1) is 0 Å². The van der Waals surface area contributed by atoms with E-state index in [2.05, 4.69) is 5.32 Å². The third-order valence-corrected chi connectivity index (χ3v) is 7.41. The number of nitrogens with one attached hydrogen (secondary N) is 1. The summed E-state index contributed by atoms with van der Waals surface area (Å²) in [5.41, 5.74) is 2.22. The van der Waals surface area contributed by atoms with Crippen molar-refractivity contribution < 1.29 is 19.1 Å². The van der Waals surface area contributed by atoms with Crippen LogP contribution >= 0.6 is 23.2 Å². The molecule has 1 saturated heterocycles. The van der Waals surface area contributed by atoms with Gasteiger partial charge in [-0.1, -0.05) is 53.5 Å². The SMILES string of the molecule is COc1ccc(C2=N[C@H](c3ccc(Cl)cc3)[C@H](c3ccccc3Cl)N2C(=O)N2CCNC(=O)C2)c(OC(C)C)c1. The van der Waals surface area contributed by atoms with E-state index in [1.807, 2.05) is 56.3 Å². The number of piperazine rings is 1. The van der Waals surface area contributed by atoms with Gasteiger partial charge in [-0.25, -0.2) is 4.79 Å². The first kappa shape index (κ1) is 27.8. The molecule has 208 valence electrons. The molecule has 0 aromatic heterocycles. The minimum atomic E-state index is -0.601. The molecule has 2 atom stereocenters. The number of halogens is 2. The van der Waals surface area contributed by atoms with Gasteiger partial charge in [0.2, 0.25) is 5.91 Å². The van der Waals surface area contributed by atoms with Crippen LogP contribution in [-0.2, 0) is 4.79 Å². The van der Waals surface area contributed by atoms with Crippen LogP contribution in [0, 0.1) is 0 Å². The molecule has 0 spiro atoms. The number of carbonyl (C=O) groups excluding carboxylic acids is 2. The first-order chi connectivity index (χ1) is 19.3. The first-order valence-corrected chi connectivity index (χ1v) is 13.8. The van der Waals surface area contributed by atoms with Gasteiger partial charge in [-0.2, -0.15) is 0 Å². The maximum absolute atomic E-state index is 14.4. The second-order valence-electron chi connectivity index (χ2n) is 9.87. The molecule has 5 rings (SSSR count). The standard InChI is InChI=1S/C30H30Cl2N4O4/c1-18(2)40-25-16-21(39-3)12-13-23(25)29-34-27(19-8-10-20(31)11-9-19)28(22-6-4-5-7-24(22)32)36(29)30(38)35-15-14-33-26(37)17-35/h4-13,16,18,27-28H,14-15,17H2,1-3H3,(H,33,37)/t27-,28+/m1/s1. The molecule has 1 fully saturated rings. The lowest BCUT2D eigenvalue weighted by molar-refractivity contribution is -0.123. The number of benzene rings is 3. The molecule has 1 N–H and O–H groups in total. The number of amidine groups is 1. The van der Waals surface area contributed by atoms with Crippen molar-refractivity contribution >= 4 is 41.0 Å². The minimum absolute atomic E-state index is 0.0541. The van der Waals surface area contributed by atoms with Crippen molar-refractivity contribution in [3.63, 3.8) is 0 Å². The summed E-state index contributed by atoms with van der Waals surface area (Å²) in [4.78, 5) is 35.0. The van der Waals surface area contributed by atoms with Crippen LogP contribution in [0.3, 0.4) is 0 Å². The van der Waals surface area contributed by atoms with Gasteiger partial charge < -0.3 is 19.7 Å². The van der Waals surface area contributed by atoms with E-state index in [9.17, 15) is 9.59 Å². The molecule has 0 aliphatic carbocycles. The summed E-state index contributed by atoms with van der Waals surface area (Å²) in [7, 11) is 1.59. The number of ether oxygens (including phenoxy) is 2. The predicted octanol–water partition coefficient (Wildman–Crippen LogP) is 5.89. The molecule has 0 unspecified atom stereocenters. The van der Waals surface area contributed by atoms with E-state index in [0.29, 0.717) is 46.0 Å². The fourth-order valence-electron chi connectivity index (χ4n) is 5.01. The van der Waals surface area contributed by atoms with Crippen LogP contribution in [0.4, 0.5) is 4.79 Å². The van der Waals surface area contributed by atoms with Crippen molar-refractivity contribution in [3.05, 3.63) is 93.5 Å². The summed E-state index contributed by atoms with van der Waals surface area (Å²) in [5, 5.41) is 3.88. The average molecular weight is 582 g/mol. The highest BCUT2D eigenvalue weighted by atomic mass is 35.5. The van der Waals surface area contributed by atoms with Gasteiger partial charge >= 0.3 is 6.03 Å². The molecule has 2 aliphatic rings. The first-order valence-electron chi connectivity index (χ1n) is 13.0.